The minimum atomic E-state index is -3.83. The Balaban J connectivity index is 2.59. The lowest BCUT2D eigenvalue weighted by molar-refractivity contribution is -0.142. The molecule has 0 aromatic heterocycles. The minimum Gasteiger partial charge on any atom is -0.468 e. The first kappa shape index (κ1) is 31.6. The standard InChI is InChI=1S/C30H45NO4S/c1-23(2)11-8-12-24(3)13-9-14-25(4)15-10-16-26(5)19-22-29(30(32)35-7)31-36(33,34)28-20-17-27(6)18-21-28/h11,13,15,17-21,29,31H,8-10,12,14,16,22H2,1-7H3/b24-13+,25-15+,26-19+. The van der Waals surface area contributed by atoms with Crippen molar-refractivity contribution in [1.29, 1.82) is 0 Å². The van der Waals surface area contributed by atoms with Crippen LogP contribution in [0.4, 0.5) is 0 Å². The number of carbonyl (C=O) groups excluding carboxylic acids is 1. The number of carbonyl (C=O) groups is 1. The van der Waals surface area contributed by atoms with Gasteiger partial charge in [-0.15, -0.1) is 0 Å². The van der Waals surface area contributed by atoms with Crippen molar-refractivity contribution < 1.29 is 17.9 Å². The summed E-state index contributed by atoms with van der Waals surface area (Å²) in [5, 5.41) is 0. The molecule has 0 heterocycles. The summed E-state index contributed by atoms with van der Waals surface area (Å²) < 4.78 is 32.8. The molecule has 0 saturated heterocycles. The molecule has 1 aromatic carbocycles. The third kappa shape index (κ3) is 13.0. The summed E-state index contributed by atoms with van der Waals surface area (Å²) in [6.07, 6.45) is 15.1. The fourth-order valence-electron chi connectivity index (χ4n) is 3.61. The molecule has 0 saturated carbocycles. The second-order valence-electron chi connectivity index (χ2n) is 9.79. The monoisotopic (exact) mass is 515 g/mol. The van der Waals surface area contributed by atoms with E-state index in [9.17, 15) is 13.2 Å². The van der Waals surface area contributed by atoms with E-state index in [1.54, 1.807) is 12.1 Å². The van der Waals surface area contributed by atoms with Crippen LogP contribution in [0.25, 0.3) is 0 Å². The molecule has 0 radical (unpaired) electrons. The van der Waals surface area contributed by atoms with Gasteiger partial charge in [-0.2, -0.15) is 4.72 Å². The second-order valence-corrected chi connectivity index (χ2v) is 11.5. The molecular formula is C30H45NO4S. The number of rotatable bonds is 15. The van der Waals surface area contributed by atoms with Crippen LogP contribution < -0.4 is 4.72 Å². The Hall–Kier alpha value is -2.44. The number of ether oxygens (including phenoxy) is 1. The van der Waals surface area contributed by atoms with Crippen molar-refractivity contribution in [2.45, 2.75) is 97.4 Å². The van der Waals surface area contributed by atoms with E-state index >= 15 is 0 Å². The predicted octanol–water partition coefficient (Wildman–Crippen LogP) is 7.35. The maximum atomic E-state index is 12.7. The van der Waals surface area contributed by atoms with Crippen molar-refractivity contribution in [1.82, 2.24) is 4.72 Å². The molecule has 0 bridgehead atoms. The van der Waals surface area contributed by atoms with Crippen LogP contribution in [0.2, 0.25) is 0 Å². The van der Waals surface area contributed by atoms with Crippen molar-refractivity contribution in [3.8, 4) is 0 Å². The number of benzene rings is 1. The molecule has 0 amide bonds. The van der Waals surface area contributed by atoms with Gasteiger partial charge in [0, 0.05) is 0 Å². The van der Waals surface area contributed by atoms with Crippen LogP contribution in [0.3, 0.4) is 0 Å². The summed E-state index contributed by atoms with van der Waals surface area (Å²) in [5.74, 6) is -0.602. The molecule has 0 spiro atoms. The Morgan fingerprint density at radius 2 is 1.31 bits per heavy atom. The van der Waals surface area contributed by atoms with E-state index in [4.69, 9.17) is 4.74 Å². The normalized spacial score (nSPS) is 13.9. The van der Waals surface area contributed by atoms with Crippen LogP contribution in [0.1, 0.15) is 85.1 Å². The Kier molecular flexibility index (Phi) is 14.3. The summed E-state index contributed by atoms with van der Waals surface area (Å²) in [6, 6.07) is 5.54. The Bertz CT molecular complexity index is 1060. The molecule has 1 N–H and O–H groups in total. The van der Waals surface area contributed by atoms with E-state index in [0.717, 1.165) is 49.7 Å². The zero-order valence-corrected chi connectivity index (χ0v) is 24.0. The van der Waals surface area contributed by atoms with Crippen LogP contribution in [0.15, 0.2) is 75.8 Å². The van der Waals surface area contributed by atoms with Gasteiger partial charge in [0.2, 0.25) is 10.0 Å². The van der Waals surface area contributed by atoms with Gasteiger partial charge in [0.15, 0.2) is 0 Å². The highest BCUT2D eigenvalue weighted by Crippen LogP contribution is 2.16. The number of hydrogen-bond acceptors (Lipinski definition) is 4. The number of allylic oxidation sites excluding steroid dienone is 7. The summed E-state index contributed by atoms with van der Waals surface area (Å²) in [4.78, 5) is 12.4. The maximum absolute atomic E-state index is 12.7. The summed E-state index contributed by atoms with van der Waals surface area (Å²) in [5.41, 5.74) is 6.25. The first-order chi connectivity index (χ1) is 16.9. The molecule has 0 fully saturated rings. The maximum Gasteiger partial charge on any atom is 0.324 e. The Morgan fingerprint density at radius 1 is 0.833 bits per heavy atom. The van der Waals surface area contributed by atoms with Gasteiger partial charge < -0.3 is 4.74 Å². The predicted molar refractivity (Wildman–Crippen MR) is 150 cm³/mol. The molecule has 5 nitrogen and oxygen atoms in total. The van der Waals surface area contributed by atoms with E-state index in [1.807, 2.05) is 19.9 Å². The van der Waals surface area contributed by atoms with Crippen molar-refractivity contribution in [2.24, 2.45) is 0 Å². The first-order valence-corrected chi connectivity index (χ1v) is 14.2. The second kappa shape index (κ2) is 16.3. The highest BCUT2D eigenvalue weighted by atomic mass is 32.2. The van der Waals surface area contributed by atoms with Crippen LogP contribution in [0, 0.1) is 6.92 Å². The molecule has 1 rings (SSSR count). The van der Waals surface area contributed by atoms with Crippen LogP contribution in [-0.2, 0) is 19.6 Å². The lowest BCUT2D eigenvalue weighted by Gasteiger charge is -2.16. The Labute approximate surface area is 219 Å². The van der Waals surface area contributed by atoms with Gasteiger partial charge in [-0.3, -0.25) is 4.79 Å². The summed E-state index contributed by atoms with van der Waals surface area (Å²) >= 11 is 0. The van der Waals surface area contributed by atoms with E-state index in [1.165, 1.54) is 36.0 Å². The van der Waals surface area contributed by atoms with Crippen molar-refractivity contribution in [3.63, 3.8) is 0 Å². The average Bonchev–Trinajstić information content (AvgIpc) is 2.81. The average molecular weight is 516 g/mol. The quantitative estimate of drug-likeness (QED) is 0.196. The number of sulfonamides is 1. The molecule has 1 atom stereocenters. The largest absolute Gasteiger partial charge is 0.468 e. The highest BCUT2D eigenvalue weighted by Gasteiger charge is 2.25. The van der Waals surface area contributed by atoms with Gasteiger partial charge in [0.1, 0.15) is 6.04 Å². The molecule has 0 aliphatic rings. The van der Waals surface area contributed by atoms with Gasteiger partial charge >= 0.3 is 5.97 Å². The number of nitrogens with one attached hydrogen (secondary N) is 1. The van der Waals surface area contributed by atoms with Crippen molar-refractivity contribution in [2.75, 3.05) is 7.11 Å². The lowest BCUT2D eigenvalue weighted by Crippen LogP contribution is -2.41. The molecule has 36 heavy (non-hydrogen) atoms. The number of aryl methyl sites for hydroxylation is 1. The van der Waals surface area contributed by atoms with Gasteiger partial charge in [-0.25, -0.2) is 8.42 Å². The number of methoxy groups -OCH3 is 1. The number of hydrogen-bond donors (Lipinski definition) is 1. The molecule has 0 aliphatic carbocycles. The van der Waals surface area contributed by atoms with E-state index < -0.39 is 22.0 Å². The fraction of sp³-hybridized carbons (Fsp3) is 0.500. The third-order valence-electron chi connectivity index (χ3n) is 5.97. The number of esters is 1. The molecule has 1 aromatic rings. The molecule has 6 heteroatoms. The van der Waals surface area contributed by atoms with Gasteiger partial charge in [-0.1, -0.05) is 64.3 Å². The fourth-order valence-corrected chi connectivity index (χ4v) is 4.81. The van der Waals surface area contributed by atoms with Crippen molar-refractivity contribution in [3.05, 3.63) is 76.4 Å². The molecule has 0 aliphatic heterocycles. The molecule has 1 unspecified atom stereocenters. The zero-order valence-electron chi connectivity index (χ0n) is 23.2. The van der Waals surface area contributed by atoms with E-state index in [2.05, 4.69) is 50.6 Å². The first-order valence-electron chi connectivity index (χ1n) is 12.7. The molecular weight excluding hydrogens is 470 g/mol. The minimum absolute atomic E-state index is 0.126. The van der Waals surface area contributed by atoms with Crippen LogP contribution in [0.5, 0.6) is 0 Å². The summed E-state index contributed by atoms with van der Waals surface area (Å²) in [7, 11) is -2.57. The van der Waals surface area contributed by atoms with E-state index in [-0.39, 0.29) is 11.3 Å². The Morgan fingerprint density at radius 3 is 1.78 bits per heavy atom. The smallest absolute Gasteiger partial charge is 0.324 e. The third-order valence-corrected chi connectivity index (χ3v) is 7.46. The van der Waals surface area contributed by atoms with Gasteiger partial charge in [0.25, 0.3) is 0 Å². The van der Waals surface area contributed by atoms with Crippen LogP contribution >= 0.6 is 0 Å². The van der Waals surface area contributed by atoms with E-state index in [0.29, 0.717) is 0 Å². The lowest BCUT2D eigenvalue weighted by atomic mass is 10.0. The van der Waals surface area contributed by atoms with Gasteiger partial charge in [-0.05, 0) is 98.6 Å². The highest BCUT2D eigenvalue weighted by molar-refractivity contribution is 7.89. The molecule has 200 valence electrons. The topological polar surface area (TPSA) is 72.5 Å². The van der Waals surface area contributed by atoms with Crippen molar-refractivity contribution >= 4 is 16.0 Å². The van der Waals surface area contributed by atoms with Gasteiger partial charge in [0.05, 0.1) is 12.0 Å². The van der Waals surface area contributed by atoms with Crippen LogP contribution in [-0.4, -0.2) is 27.5 Å². The summed E-state index contributed by atoms with van der Waals surface area (Å²) in [6.45, 7) is 12.5. The SMILES string of the molecule is COC(=O)C(C/C=C(\C)CC/C=C(\C)CC/C=C(\C)CCC=C(C)C)NS(=O)(=O)c1ccc(C)cc1. The zero-order chi connectivity index (χ0) is 27.1.